The second-order valence-electron chi connectivity index (χ2n) is 22.9. The summed E-state index contributed by atoms with van der Waals surface area (Å²) in [6.45, 7) is 15.6. The molecule has 0 aromatic heterocycles. The molecule has 1 aliphatic carbocycles. The van der Waals surface area contributed by atoms with Crippen molar-refractivity contribution in [1.82, 2.24) is 0 Å². The number of benzene rings is 7. The predicted molar refractivity (Wildman–Crippen MR) is 361 cm³/mol. The third kappa shape index (κ3) is 23.2. The Morgan fingerprint density at radius 1 is 0.295 bits per heavy atom. The Morgan fingerprint density at radius 2 is 0.523 bits per heavy atom. The number of unbranched alkanes of at least 4 members (excludes halogenated alkanes) is 8. The maximum atomic E-state index is 11.1. The number of carbonyl (C=O) groups is 4. The molecular formula is C80H90O8. The Morgan fingerprint density at radius 3 is 0.807 bits per heavy atom. The van der Waals surface area contributed by atoms with Crippen LogP contribution in [0.5, 0.6) is 0 Å². The lowest BCUT2D eigenvalue weighted by molar-refractivity contribution is -0.138. The summed E-state index contributed by atoms with van der Waals surface area (Å²) in [5.41, 5.74) is 17.7. The minimum atomic E-state index is -0.359. The average molecular weight is 1180 g/mol. The van der Waals surface area contributed by atoms with Gasteiger partial charge in [0.15, 0.2) is 0 Å². The number of hydrogen-bond donors (Lipinski definition) is 0. The Hall–Kier alpha value is -8.62. The summed E-state index contributed by atoms with van der Waals surface area (Å²) in [6.07, 6.45) is 26.6. The average Bonchev–Trinajstić information content (AvgIpc) is 3.14. The first-order valence-electron chi connectivity index (χ1n) is 32.0. The van der Waals surface area contributed by atoms with Gasteiger partial charge in [0.1, 0.15) is 0 Å². The van der Waals surface area contributed by atoms with Crippen molar-refractivity contribution in [3.63, 3.8) is 0 Å². The standard InChI is InChI=1S/C40H48O4.C40H42O4/c2*1-3-39(41)43-29-9-6-5-7-11-31-13-17-33(18-14-31)35-21-25-37(26-22-35)38-27-23-36(24-28-38)34-19-15-32(16-20-34)12-8-10-30-44-40(42)4-2/h3-4,13-14,17-18,21-28,32,34H,1-2,5-12,15-16,19-20,29-30H2;3-4,13-28H,1-2,5-12,29-30H2. The van der Waals surface area contributed by atoms with E-state index < -0.39 is 0 Å². The Kier molecular flexibility index (Phi) is 28.8. The van der Waals surface area contributed by atoms with E-state index in [2.05, 4.69) is 196 Å². The van der Waals surface area contributed by atoms with Crippen LogP contribution in [0.2, 0.25) is 0 Å². The third-order valence-corrected chi connectivity index (χ3v) is 16.6. The fourth-order valence-corrected chi connectivity index (χ4v) is 11.4. The van der Waals surface area contributed by atoms with Gasteiger partial charge >= 0.3 is 23.9 Å². The van der Waals surface area contributed by atoms with Crippen molar-refractivity contribution in [2.24, 2.45) is 5.92 Å². The second-order valence-corrected chi connectivity index (χ2v) is 22.9. The maximum absolute atomic E-state index is 11.1. The molecule has 0 heterocycles. The van der Waals surface area contributed by atoms with Crippen LogP contribution in [0.4, 0.5) is 0 Å². The van der Waals surface area contributed by atoms with Gasteiger partial charge in [-0.05, 0) is 186 Å². The minimum Gasteiger partial charge on any atom is -0.463 e. The molecule has 7 aromatic rings. The fourth-order valence-electron chi connectivity index (χ4n) is 11.4. The molecular weight excluding hydrogens is 1090 g/mol. The zero-order valence-corrected chi connectivity index (χ0v) is 51.7. The van der Waals surface area contributed by atoms with Crippen LogP contribution in [0.1, 0.15) is 137 Å². The van der Waals surface area contributed by atoms with Crippen LogP contribution in [0, 0.1) is 5.92 Å². The molecule has 0 aliphatic heterocycles. The summed E-state index contributed by atoms with van der Waals surface area (Å²) in [4.78, 5) is 44.4. The van der Waals surface area contributed by atoms with Crippen molar-refractivity contribution in [2.45, 2.75) is 134 Å². The molecule has 0 N–H and O–H groups in total. The molecule has 8 rings (SSSR count). The largest absolute Gasteiger partial charge is 0.463 e. The molecule has 7 aromatic carbocycles. The molecule has 458 valence electrons. The van der Waals surface area contributed by atoms with E-state index in [9.17, 15) is 19.2 Å². The van der Waals surface area contributed by atoms with Crippen LogP contribution >= 0.6 is 0 Å². The highest BCUT2D eigenvalue weighted by molar-refractivity contribution is 5.82. The highest BCUT2D eigenvalue weighted by atomic mass is 16.5. The first-order chi connectivity index (χ1) is 43.1. The lowest BCUT2D eigenvalue weighted by Gasteiger charge is -2.29. The molecule has 8 heteroatoms. The highest BCUT2D eigenvalue weighted by Crippen LogP contribution is 2.39. The van der Waals surface area contributed by atoms with E-state index in [1.54, 1.807) is 0 Å². The molecule has 0 amide bonds. The summed E-state index contributed by atoms with van der Waals surface area (Å²) in [7, 11) is 0. The Labute approximate surface area is 524 Å². The van der Waals surface area contributed by atoms with Crippen LogP contribution in [0.15, 0.2) is 220 Å². The zero-order valence-electron chi connectivity index (χ0n) is 51.7. The normalized spacial score (nSPS) is 13.4. The summed E-state index contributed by atoms with van der Waals surface area (Å²) in [5.74, 6) is 0.0971. The minimum absolute atomic E-state index is 0.321. The quantitative estimate of drug-likeness (QED) is 0.0170. The van der Waals surface area contributed by atoms with Gasteiger partial charge in [-0.1, -0.05) is 228 Å². The Balaban J connectivity index is 0.000000251. The smallest absolute Gasteiger partial charge is 0.330 e. The summed E-state index contributed by atoms with van der Waals surface area (Å²) in [6, 6.07) is 62.2. The lowest BCUT2D eigenvalue weighted by Crippen LogP contribution is -2.13. The predicted octanol–water partition coefficient (Wildman–Crippen LogP) is 19.6. The maximum Gasteiger partial charge on any atom is 0.330 e. The van der Waals surface area contributed by atoms with Gasteiger partial charge in [0.25, 0.3) is 0 Å². The van der Waals surface area contributed by atoms with Crippen molar-refractivity contribution in [3.05, 3.63) is 243 Å². The van der Waals surface area contributed by atoms with E-state index >= 15 is 0 Å². The molecule has 0 bridgehead atoms. The first-order valence-corrected chi connectivity index (χ1v) is 32.0. The van der Waals surface area contributed by atoms with Gasteiger partial charge < -0.3 is 18.9 Å². The van der Waals surface area contributed by atoms with Crippen molar-refractivity contribution in [3.8, 4) is 55.6 Å². The van der Waals surface area contributed by atoms with E-state index in [-0.39, 0.29) is 23.9 Å². The van der Waals surface area contributed by atoms with Crippen LogP contribution in [0.3, 0.4) is 0 Å². The number of aryl methyl sites for hydroxylation is 3. The summed E-state index contributed by atoms with van der Waals surface area (Å²) < 4.78 is 20.2. The molecule has 88 heavy (non-hydrogen) atoms. The molecule has 0 unspecified atom stereocenters. The van der Waals surface area contributed by atoms with E-state index in [1.165, 1.54) is 134 Å². The number of hydrogen-bond acceptors (Lipinski definition) is 8. The summed E-state index contributed by atoms with van der Waals surface area (Å²) in [5, 5.41) is 0. The number of rotatable bonds is 34. The van der Waals surface area contributed by atoms with Gasteiger partial charge in [-0.15, -0.1) is 0 Å². The number of ether oxygens (including phenoxy) is 4. The van der Waals surface area contributed by atoms with E-state index in [0.717, 1.165) is 102 Å². The molecule has 1 fully saturated rings. The third-order valence-electron chi connectivity index (χ3n) is 16.6. The second kappa shape index (κ2) is 37.8. The van der Waals surface area contributed by atoms with Crippen molar-refractivity contribution >= 4 is 23.9 Å². The van der Waals surface area contributed by atoms with Crippen LogP contribution in [-0.4, -0.2) is 50.3 Å². The molecule has 8 nitrogen and oxygen atoms in total. The van der Waals surface area contributed by atoms with Crippen LogP contribution < -0.4 is 0 Å². The van der Waals surface area contributed by atoms with Crippen molar-refractivity contribution in [1.29, 1.82) is 0 Å². The molecule has 0 radical (unpaired) electrons. The molecule has 0 atom stereocenters. The van der Waals surface area contributed by atoms with Gasteiger partial charge in [-0.25, -0.2) is 19.2 Å². The van der Waals surface area contributed by atoms with E-state index in [0.29, 0.717) is 32.3 Å². The van der Waals surface area contributed by atoms with Gasteiger partial charge in [-0.3, -0.25) is 0 Å². The SMILES string of the molecule is C=CC(=O)OCCCCCCc1ccc(-c2ccc(-c3ccc(-c4ccc(CCCCOC(=O)C=C)cc4)cc3)cc2)cc1.C=CC(=O)OCCCCCCc1ccc(-c2ccc(-c3ccc(C4CCC(CCCCOC(=O)C=C)CC4)cc3)cc2)cc1. The van der Waals surface area contributed by atoms with E-state index in [1.807, 2.05) is 0 Å². The Bertz CT molecular complexity index is 3240. The zero-order chi connectivity index (χ0) is 62.0. The number of esters is 4. The fraction of sp³-hybridized carbons (Fsp3) is 0.325. The molecule has 0 spiro atoms. The van der Waals surface area contributed by atoms with Gasteiger partial charge in [0.05, 0.1) is 26.4 Å². The van der Waals surface area contributed by atoms with Gasteiger partial charge in [0.2, 0.25) is 0 Å². The topological polar surface area (TPSA) is 105 Å². The van der Waals surface area contributed by atoms with Crippen molar-refractivity contribution < 1.29 is 38.1 Å². The first kappa shape index (κ1) is 66.9. The number of carbonyl (C=O) groups excluding carboxylic acids is 4. The lowest BCUT2D eigenvalue weighted by atomic mass is 9.77. The van der Waals surface area contributed by atoms with Gasteiger partial charge in [0, 0.05) is 24.3 Å². The van der Waals surface area contributed by atoms with Crippen LogP contribution in [0.25, 0.3) is 55.6 Å². The highest BCUT2D eigenvalue weighted by Gasteiger charge is 2.22. The summed E-state index contributed by atoms with van der Waals surface area (Å²) >= 11 is 0. The molecule has 1 aliphatic rings. The molecule has 1 saturated carbocycles. The molecule has 0 saturated heterocycles. The van der Waals surface area contributed by atoms with Gasteiger partial charge in [-0.2, -0.15) is 0 Å². The van der Waals surface area contributed by atoms with Crippen LogP contribution in [-0.2, 0) is 57.4 Å². The monoisotopic (exact) mass is 1180 g/mol. The van der Waals surface area contributed by atoms with E-state index in [4.69, 9.17) is 18.9 Å². The van der Waals surface area contributed by atoms with Crippen molar-refractivity contribution in [2.75, 3.05) is 26.4 Å².